The Morgan fingerprint density at radius 1 is 1.00 bits per heavy atom. The van der Waals surface area contributed by atoms with Gasteiger partial charge in [-0.1, -0.05) is 29.8 Å². The largest absolute Gasteiger partial charge is 0.434 e. The van der Waals surface area contributed by atoms with E-state index in [0.29, 0.717) is 6.54 Å². The van der Waals surface area contributed by atoms with Crippen LogP contribution in [0.25, 0.3) is 11.3 Å². The summed E-state index contributed by atoms with van der Waals surface area (Å²) in [5.74, 6) is 0. The summed E-state index contributed by atoms with van der Waals surface area (Å²) >= 11 is 0. The van der Waals surface area contributed by atoms with Gasteiger partial charge in [-0.3, -0.25) is 9.88 Å². The fourth-order valence-corrected chi connectivity index (χ4v) is 3.55. The molecule has 1 amide bonds. The molecule has 33 heavy (non-hydrogen) atoms. The van der Waals surface area contributed by atoms with Crippen LogP contribution < -0.4 is 0 Å². The minimum atomic E-state index is -5.73. The van der Waals surface area contributed by atoms with Gasteiger partial charge in [0.1, 0.15) is 0 Å². The Morgan fingerprint density at radius 2 is 1.64 bits per heavy atom. The summed E-state index contributed by atoms with van der Waals surface area (Å²) < 4.78 is 79.4. The van der Waals surface area contributed by atoms with Crippen LogP contribution in [0.5, 0.6) is 0 Å². The Kier molecular flexibility index (Phi) is 7.20. The zero-order chi connectivity index (χ0) is 24.4. The molecule has 0 bridgehead atoms. The van der Waals surface area contributed by atoms with Crippen molar-refractivity contribution in [2.75, 3.05) is 26.2 Å². The van der Waals surface area contributed by atoms with Gasteiger partial charge in [0, 0.05) is 44.0 Å². The van der Waals surface area contributed by atoms with Crippen molar-refractivity contribution in [2.24, 2.45) is 0 Å². The number of rotatable bonds is 4. The molecule has 0 unspecified atom stereocenters. The summed E-state index contributed by atoms with van der Waals surface area (Å²) in [6, 6.07) is 11.8. The van der Waals surface area contributed by atoms with Gasteiger partial charge in [-0.25, -0.2) is 4.79 Å². The number of ether oxygens (including phenoxy) is 1. The molecule has 3 rings (SSSR count). The molecule has 0 radical (unpaired) electrons. The first-order valence-corrected chi connectivity index (χ1v) is 10.2. The average molecular weight is 475 g/mol. The molecule has 0 aliphatic carbocycles. The number of benzene rings is 1. The minimum absolute atomic E-state index is 0.0465. The van der Waals surface area contributed by atoms with Crippen LogP contribution in [0.4, 0.5) is 31.1 Å². The zero-order valence-electron chi connectivity index (χ0n) is 18.0. The molecule has 1 aliphatic rings. The van der Waals surface area contributed by atoms with Gasteiger partial charge in [0.15, 0.2) is 0 Å². The van der Waals surface area contributed by atoms with Gasteiger partial charge in [0.2, 0.25) is 0 Å². The highest BCUT2D eigenvalue weighted by molar-refractivity contribution is 5.68. The molecule has 11 heteroatoms. The number of aromatic nitrogens is 1. The Hall–Kier alpha value is -2.82. The summed E-state index contributed by atoms with van der Waals surface area (Å²) in [5.41, 5.74) is 4.69. The van der Waals surface area contributed by atoms with Gasteiger partial charge in [-0.05, 0) is 31.5 Å². The summed E-state index contributed by atoms with van der Waals surface area (Å²) in [7, 11) is 0. The van der Waals surface area contributed by atoms with E-state index < -0.39 is 24.5 Å². The summed E-state index contributed by atoms with van der Waals surface area (Å²) in [6.07, 6.45) is -17.2. The zero-order valence-corrected chi connectivity index (χ0v) is 18.0. The molecular weight excluding hydrogens is 452 g/mol. The van der Waals surface area contributed by atoms with Crippen LogP contribution >= 0.6 is 0 Å². The average Bonchev–Trinajstić information content (AvgIpc) is 2.72. The van der Waals surface area contributed by atoms with Crippen molar-refractivity contribution in [3.05, 3.63) is 53.2 Å². The molecule has 5 nitrogen and oxygen atoms in total. The molecule has 180 valence electrons. The SMILES string of the molecule is Cc1cccc(-c2ccc(CN3CCN(C(=O)OC(C(F)(F)F)C(F)(F)F)CC3)c(C)n2)c1. The summed E-state index contributed by atoms with van der Waals surface area (Å²) in [5, 5.41) is 0. The van der Waals surface area contributed by atoms with Gasteiger partial charge in [-0.15, -0.1) is 0 Å². The fourth-order valence-electron chi connectivity index (χ4n) is 3.55. The van der Waals surface area contributed by atoms with Crippen LogP contribution in [-0.2, 0) is 11.3 Å². The number of pyridine rings is 1. The Bertz CT molecular complexity index is 971. The van der Waals surface area contributed by atoms with Crippen molar-refractivity contribution >= 4 is 6.09 Å². The highest BCUT2D eigenvalue weighted by atomic mass is 19.4. The van der Waals surface area contributed by atoms with Gasteiger partial charge in [0.05, 0.1) is 5.69 Å². The number of carbonyl (C=O) groups excluding carboxylic acids is 1. The maximum absolute atomic E-state index is 12.6. The minimum Gasteiger partial charge on any atom is -0.426 e. The Morgan fingerprint density at radius 3 is 2.18 bits per heavy atom. The van der Waals surface area contributed by atoms with Crippen LogP contribution in [0.15, 0.2) is 36.4 Å². The van der Waals surface area contributed by atoms with Crippen LogP contribution in [0.3, 0.4) is 0 Å². The predicted molar refractivity (Wildman–Crippen MR) is 108 cm³/mol. The van der Waals surface area contributed by atoms with E-state index in [1.807, 2.05) is 55.1 Å². The van der Waals surface area contributed by atoms with Gasteiger partial charge >= 0.3 is 18.4 Å². The lowest BCUT2D eigenvalue weighted by Gasteiger charge is -2.35. The molecule has 2 heterocycles. The number of piperazine rings is 1. The summed E-state index contributed by atoms with van der Waals surface area (Å²) in [4.78, 5) is 19.3. The number of hydrogen-bond donors (Lipinski definition) is 0. The van der Waals surface area contributed by atoms with Crippen molar-refractivity contribution in [3.63, 3.8) is 0 Å². The van der Waals surface area contributed by atoms with Crippen molar-refractivity contribution < 1.29 is 35.9 Å². The second-order valence-corrected chi connectivity index (χ2v) is 7.92. The third kappa shape index (κ3) is 6.37. The molecule has 0 N–H and O–H groups in total. The number of amides is 1. The number of aryl methyl sites for hydroxylation is 2. The van der Waals surface area contributed by atoms with Crippen LogP contribution in [0.1, 0.15) is 16.8 Å². The first kappa shape index (κ1) is 24.8. The number of nitrogens with zero attached hydrogens (tertiary/aromatic N) is 3. The van der Waals surface area contributed by atoms with E-state index in [9.17, 15) is 31.1 Å². The standard InChI is InChI=1S/C22H23F6N3O2/c1-14-4-3-5-16(12-14)18-7-6-17(15(2)29-18)13-30-8-10-31(11-9-30)20(32)33-19(21(23,24)25)22(26,27)28/h3-7,12,19H,8-11,13H2,1-2H3. The normalized spacial score (nSPS) is 15.7. The number of halogens is 6. The van der Waals surface area contributed by atoms with Gasteiger partial charge in [0.25, 0.3) is 6.10 Å². The third-order valence-electron chi connectivity index (χ3n) is 5.35. The second kappa shape index (κ2) is 9.58. The van der Waals surface area contributed by atoms with E-state index >= 15 is 0 Å². The maximum atomic E-state index is 12.6. The number of alkyl halides is 6. The van der Waals surface area contributed by atoms with E-state index in [-0.39, 0.29) is 26.2 Å². The lowest BCUT2D eigenvalue weighted by atomic mass is 10.1. The number of hydrogen-bond acceptors (Lipinski definition) is 4. The topological polar surface area (TPSA) is 45.7 Å². The van der Waals surface area contributed by atoms with Crippen LogP contribution in [0, 0.1) is 13.8 Å². The smallest absolute Gasteiger partial charge is 0.426 e. The molecule has 1 aliphatic heterocycles. The molecule has 1 fully saturated rings. The Balaban J connectivity index is 1.57. The van der Waals surface area contributed by atoms with Crippen molar-refractivity contribution in [1.82, 2.24) is 14.8 Å². The molecule has 1 saturated heterocycles. The Labute approximate surface area is 187 Å². The van der Waals surface area contributed by atoms with Crippen molar-refractivity contribution in [3.8, 4) is 11.3 Å². The van der Waals surface area contributed by atoms with E-state index in [1.165, 1.54) is 0 Å². The second-order valence-electron chi connectivity index (χ2n) is 7.92. The molecule has 1 aromatic heterocycles. The number of carbonyl (C=O) groups is 1. The van der Waals surface area contributed by atoms with E-state index in [4.69, 9.17) is 0 Å². The third-order valence-corrected chi connectivity index (χ3v) is 5.35. The fraction of sp³-hybridized carbons (Fsp3) is 0.455. The quantitative estimate of drug-likeness (QED) is 0.577. The van der Waals surface area contributed by atoms with E-state index in [0.717, 1.165) is 33.0 Å². The molecule has 0 atom stereocenters. The van der Waals surface area contributed by atoms with Gasteiger partial charge in [-0.2, -0.15) is 26.3 Å². The summed E-state index contributed by atoms with van der Waals surface area (Å²) in [6.45, 7) is 4.81. The molecule has 2 aromatic rings. The van der Waals surface area contributed by atoms with Gasteiger partial charge < -0.3 is 9.64 Å². The molecule has 1 aromatic carbocycles. The first-order chi connectivity index (χ1) is 15.3. The van der Waals surface area contributed by atoms with Crippen LogP contribution in [-0.4, -0.2) is 65.5 Å². The molecular formula is C22H23F6N3O2. The molecule has 0 spiro atoms. The maximum Gasteiger partial charge on any atom is 0.434 e. The van der Waals surface area contributed by atoms with Crippen molar-refractivity contribution in [2.45, 2.75) is 38.8 Å². The predicted octanol–water partition coefficient (Wildman–Crippen LogP) is 5.11. The van der Waals surface area contributed by atoms with Crippen molar-refractivity contribution in [1.29, 1.82) is 0 Å². The first-order valence-electron chi connectivity index (χ1n) is 10.2. The van der Waals surface area contributed by atoms with E-state index in [2.05, 4.69) is 9.72 Å². The van der Waals surface area contributed by atoms with E-state index in [1.54, 1.807) is 0 Å². The highest BCUT2D eigenvalue weighted by Gasteiger charge is 2.60. The lowest BCUT2D eigenvalue weighted by molar-refractivity contribution is -0.308. The highest BCUT2D eigenvalue weighted by Crippen LogP contribution is 2.36. The monoisotopic (exact) mass is 475 g/mol. The molecule has 0 saturated carbocycles. The lowest BCUT2D eigenvalue weighted by Crippen LogP contribution is -2.52. The van der Waals surface area contributed by atoms with Crippen LogP contribution in [0.2, 0.25) is 0 Å².